The molecular formula is C18H23N3OS. The van der Waals surface area contributed by atoms with Crippen molar-refractivity contribution >= 4 is 11.3 Å². The standard InChI is InChI=1S/C18H23N3OS/c1-3-7-21-15(2)17(10-19-21)12-20(11-16-6-9-23-14-16)13-18-5-4-8-22-18/h4-6,8-10,14H,3,7,11-13H2,1-2H3. The third kappa shape index (κ3) is 4.12. The zero-order valence-corrected chi connectivity index (χ0v) is 14.6. The lowest BCUT2D eigenvalue weighted by Gasteiger charge is -2.20. The van der Waals surface area contributed by atoms with Crippen molar-refractivity contribution < 1.29 is 4.42 Å². The number of thiophene rings is 1. The average molecular weight is 329 g/mol. The Kier molecular flexibility index (Phi) is 5.31. The van der Waals surface area contributed by atoms with Crippen LogP contribution in [0.25, 0.3) is 0 Å². The minimum Gasteiger partial charge on any atom is -0.468 e. The molecule has 0 aliphatic rings. The van der Waals surface area contributed by atoms with E-state index < -0.39 is 0 Å². The Hall–Kier alpha value is -1.85. The van der Waals surface area contributed by atoms with Crippen molar-refractivity contribution in [3.63, 3.8) is 0 Å². The van der Waals surface area contributed by atoms with Crippen molar-refractivity contribution in [2.75, 3.05) is 0 Å². The van der Waals surface area contributed by atoms with E-state index in [0.717, 1.165) is 38.4 Å². The fourth-order valence-electron chi connectivity index (χ4n) is 2.75. The van der Waals surface area contributed by atoms with Gasteiger partial charge in [0.25, 0.3) is 0 Å². The highest BCUT2D eigenvalue weighted by Gasteiger charge is 2.14. The molecular weight excluding hydrogens is 306 g/mol. The Morgan fingerprint density at radius 1 is 1.26 bits per heavy atom. The van der Waals surface area contributed by atoms with Gasteiger partial charge in [0.1, 0.15) is 5.76 Å². The van der Waals surface area contributed by atoms with Gasteiger partial charge >= 0.3 is 0 Å². The third-order valence-corrected chi connectivity index (χ3v) is 4.71. The molecule has 4 nitrogen and oxygen atoms in total. The fraction of sp³-hybridized carbons (Fsp3) is 0.389. The molecule has 0 N–H and O–H groups in total. The predicted molar refractivity (Wildman–Crippen MR) is 93.2 cm³/mol. The second kappa shape index (κ2) is 7.62. The topological polar surface area (TPSA) is 34.2 Å². The van der Waals surface area contributed by atoms with Crippen LogP contribution in [0.3, 0.4) is 0 Å². The monoisotopic (exact) mass is 329 g/mol. The molecule has 0 radical (unpaired) electrons. The summed E-state index contributed by atoms with van der Waals surface area (Å²) in [6.07, 6.45) is 4.85. The molecule has 5 heteroatoms. The largest absolute Gasteiger partial charge is 0.468 e. The summed E-state index contributed by atoms with van der Waals surface area (Å²) in [4.78, 5) is 2.40. The number of furan rings is 1. The Labute approximate surface area is 141 Å². The van der Waals surface area contributed by atoms with Crippen LogP contribution in [0.4, 0.5) is 0 Å². The Morgan fingerprint density at radius 2 is 2.17 bits per heavy atom. The highest BCUT2D eigenvalue weighted by Crippen LogP contribution is 2.18. The number of aromatic nitrogens is 2. The molecule has 0 unspecified atom stereocenters. The van der Waals surface area contributed by atoms with Crippen LogP contribution in [0.1, 0.15) is 35.9 Å². The third-order valence-electron chi connectivity index (χ3n) is 3.98. The molecule has 3 heterocycles. The van der Waals surface area contributed by atoms with Gasteiger partial charge in [0, 0.05) is 30.9 Å². The average Bonchev–Trinajstić information content (AvgIpc) is 3.27. The Morgan fingerprint density at radius 3 is 2.87 bits per heavy atom. The zero-order chi connectivity index (χ0) is 16.1. The van der Waals surface area contributed by atoms with Crippen LogP contribution in [0.15, 0.2) is 45.8 Å². The Bertz CT molecular complexity index is 665. The molecule has 0 saturated heterocycles. The summed E-state index contributed by atoms with van der Waals surface area (Å²) in [5.41, 5.74) is 3.90. The minimum absolute atomic E-state index is 0.807. The van der Waals surface area contributed by atoms with Crippen LogP contribution in [0, 0.1) is 6.92 Å². The molecule has 3 aromatic rings. The summed E-state index contributed by atoms with van der Waals surface area (Å²) in [5, 5.41) is 8.86. The van der Waals surface area contributed by atoms with Crippen LogP contribution in [0.5, 0.6) is 0 Å². The van der Waals surface area contributed by atoms with E-state index in [4.69, 9.17) is 4.42 Å². The van der Waals surface area contributed by atoms with Crippen LogP contribution in [-0.2, 0) is 26.2 Å². The van der Waals surface area contributed by atoms with Crippen LogP contribution in [0.2, 0.25) is 0 Å². The Balaban J connectivity index is 1.74. The molecule has 0 aliphatic heterocycles. The van der Waals surface area contributed by atoms with Crippen molar-refractivity contribution in [3.8, 4) is 0 Å². The molecule has 0 amide bonds. The first-order chi connectivity index (χ1) is 11.3. The summed E-state index contributed by atoms with van der Waals surface area (Å²) in [5.74, 6) is 0.999. The second-order valence-corrected chi connectivity index (χ2v) is 6.61. The first kappa shape index (κ1) is 16.0. The minimum atomic E-state index is 0.807. The van der Waals surface area contributed by atoms with E-state index in [-0.39, 0.29) is 0 Å². The van der Waals surface area contributed by atoms with Crippen LogP contribution in [-0.4, -0.2) is 14.7 Å². The van der Waals surface area contributed by atoms with Crippen LogP contribution < -0.4 is 0 Å². The van der Waals surface area contributed by atoms with E-state index in [2.05, 4.69) is 45.4 Å². The van der Waals surface area contributed by atoms with Gasteiger partial charge in [-0.3, -0.25) is 9.58 Å². The van der Waals surface area contributed by atoms with Crippen molar-refractivity contribution in [2.24, 2.45) is 0 Å². The van der Waals surface area contributed by atoms with Gasteiger partial charge in [-0.2, -0.15) is 16.4 Å². The molecule has 3 aromatic heterocycles. The van der Waals surface area contributed by atoms with E-state index in [9.17, 15) is 0 Å². The molecule has 0 aromatic carbocycles. The predicted octanol–water partition coefficient (Wildman–Crippen LogP) is 4.46. The maximum atomic E-state index is 5.53. The smallest absolute Gasteiger partial charge is 0.117 e. The molecule has 0 bridgehead atoms. The van der Waals surface area contributed by atoms with Gasteiger partial charge in [-0.05, 0) is 47.9 Å². The first-order valence-electron chi connectivity index (χ1n) is 8.03. The van der Waals surface area contributed by atoms with Crippen molar-refractivity contribution in [3.05, 3.63) is 64.0 Å². The summed E-state index contributed by atoms with van der Waals surface area (Å²) in [6, 6.07) is 6.17. The SMILES string of the molecule is CCCn1ncc(CN(Cc2ccsc2)Cc2ccco2)c1C. The number of aryl methyl sites for hydroxylation is 1. The highest BCUT2D eigenvalue weighted by atomic mass is 32.1. The zero-order valence-electron chi connectivity index (χ0n) is 13.7. The molecule has 122 valence electrons. The summed E-state index contributed by atoms with van der Waals surface area (Å²) < 4.78 is 7.64. The lowest BCUT2D eigenvalue weighted by molar-refractivity contribution is 0.226. The molecule has 0 atom stereocenters. The molecule has 3 rings (SSSR count). The summed E-state index contributed by atoms with van der Waals surface area (Å²) in [7, 11) is 0. The maximum absolute atomic E-state index is 5.53. The highest BCUT2D eigenvalue weighted by molar-refractivity contribution is 7.07. The van der Waals surface area contributed by atoms with Crippen molar-refractivity contribution in [1.29, 1.82) is 0 Å². The van der Waals surface area contributed by atoms with Gasteiger partial charge < -0.3 is 4.42 Å². The lowest BCUT2D eigenvalue weighted by Crippen LogP contribution is -2.22. The van der Waals surface area contributed by atoms with Gasteiger partial charge in [-0.25, -0.2) is 0 Å². The van der Waals surface area contributed by atoms with Crippen molar-refractivity contribution in [1.82, 2.24) is 14.7 Å². The van der Waals surface area contributed by atoms with E-state index in [1.165, 1.54) is 16.8 Å². The van der Waals surface area contributed by atoms with Gasteiger partial charge in [-0.15, -0.1) is 0 Å². The normalized spacial score (nSPS) is 11.4. The number of nitrogens with zero attached hydrogens (tertiary/aromatic N) is 3. The molecule has 0 saturated carbocycles. The van der Waals surface area contributed by atoms with Crippen molar-refractivity contribution in [2.45, 2.75) is 46.4 Å². The van der Waals surface area contributed by atoms with Gasteiger partial charge in [0.05, 0.1) is 19.0 Å². The van der Waals surface area contributed by atoms with E-state index in [1.807, 2.05) is 18.3 Å². The fourth-order valence-corrected chi connectivity index (χ4v) is 3.41. The van der Waals surface area contributed by atoms with Gasteiger partial charge in [-0.1, -0.05) is 6.92 Å². The van der Waals surface area contributed by atoms with E-state index in [0.29, 0.717) is 0 Å². The van der Waals surface area contributed by atoms with Gasteiger partial charge in [0.2, 0.25) is 0 Å². The summed E-state index contributed by atoms with van der Waals surface area (Å²) >= 11 is 1.74. The van der Waals surface area contributed by atoms with Gasteiger partial charge in [0.15, 0.2) is 0 Å². The maximum Gasteiger partial charge on any atom is 0.117 e. The quantitative estimate of drug-likeness (QED) is 0.612. The molecule has 0 spiro atoms. The number of hydrogen-bond acceptors (Lipinski definition) is 4. The molecule has 23 heavy (non-hydrogen) atoms. The number of rotatable bonds is 8. The number of hydrogen-bond donors (Lipinski definition) is 0. The van der Waals surface area contributed by atoms with E-state index >= 15 is 0 Å². The molecule has 0 fully saturated rings. The second-order valence-electron chi connectivity index (χ2n) is 5.83. The first-order valence-corrected chi connectivity index (χ1v) is 8.97. The van der Waals surface area contributed by atoms with E-state index in [1.54, 1.807) is 17.6 Å². The van der Waals surface area contributed by atoms with Crippen LogP contribution >= 0.6 is 11.3 Å². The lowest BCUT2D eigenvalue weighted by atomic mass is 10.2. The summed E-state index contributed by atoms with van der Waals surface area (Å²) in [6.45, 7) is 7.93. The molecule has 0 aliphatic carbocycles.